The number of nitrogens with zero attached hydrogens (tertiary/aromatic N) is 1. The molecule has 3 N–H and O–H groups in total. The van der Waals surface area contributed by atoms with Crippen molar-refractivity contribution in [2.24, 2.45) is 5.92 Å². The van der Waals surface area contributed by atoms with Crippen molar-refractivity contribution >= 4 is 17.7 Å². The molecule has 3 fully saturated rings. The smallest absolute Gasteiger partial charge is 0.255 e. The number of nitrogens with one attached hydrogen (secondary N) is 3. The SMILES string of the molecule is O=C1CCC(N2Cc3ccc(CNCC4C[C@H]5CC[C@@H](C4)N5)cc3C2=O)C(=O)N1. The Morgan fingerprint density at radius 2 is 1.86 bits per heavy atom. The van der Waals surface area contributed by atoms with Crippen molar-refractivity contribution in [2.75, 3.05) is 6.54 Å². The minimum absolute atomic E-state index is 0.105. The van der Waals surface area contributed by atoms with Crippen LogP contribution >= 0.6 is 0 Å². The Balaban J connectivity index is 1.19. The minimum Gasteiger partial charge on any atom is -0.322 e. The van der Waals surface area contributed by atoms with Gasteiger partial charge in [0.15, 0.2) is 0 Å². The quantitative estimate of drug-likeness (QED) is 0.648. The Kier molecular flexibility index (Phi) is 4.87. The molecule has 0 aromatic heterocycles. The summed E-state index contributed by atoms with van der Waals surface area (Å²) in [6.07, 6.45) is 5.83. The third kappa shape index (κ3) is 3.69. The standard InChI is InChI=1S/C22H28N4O3/c27-20-6-5-19(21(28)25-20)26-12-15-2-1-13(9-18(15)22(26)29)10-23-11-14-7-16-3-4-17(8-14)24-16/h1-2,9,14,16-17,19,23-24H,3-8,10-12H2,(H,25,27,28)/t14?,16-,17+,19?. The highest BCUT2D eigenvalue weighted by Crippen LogP contribution is 2.31. The largest absolute Gasteiger partial charge is 0.322 e. The van der Waals surface area contributed by atoms with E-state index in [9.17, 15) is 14.4 Å². The van der Waals surface area contributed by atoms with E-state index < -0.39 is 6.04 Å². The van der Waals surface area contributed by atoms with Crippen LogP contribution in [-0.2, 0) is 22.7 Å². The predicted molar refractivity (Wildman–Crippen MR) is 107 cm³/mol. The van der Waals surface area contributed by atoms with Crippen LogP contribution in [0.15, 0.2) is 18.2 Å². The first kappa shape index (κ1) is 18.8. The highest BCUT2D eigenvalue weighted by atomic mass is 16.2. The molecule has 4 aliphatic rings. The molecule has 4 atom stereocenters. The molecule has 0 radical (unpaired) electrons. The molecule has 3 amide bonds. The molecule has 0 saturated carbocycles. The molecule has 29 heavy (non-hydrogen) atoms. The van der Waals surface area contributed by atoms with Gasteiger partial charge in [-0.3, -0.25) is 19.7 Å². The molecule has 4 aliphatic heterocycles. The van der Waals surface area contributed by atoms with E-state index in [-0.39, 0.29) is 24.1 Å². The molecule has 0 aliphatic carbocycles. The lowest BCUT2D eigenvalue weighted by Gasteiger charge is -2.29. The van der Waals surface area contributed by atoms with Crippen LogP contribution in [-0.4, -0.2) is 47.3 Å². The molecule has 154 valence electrons. The van der Waals surface area contributed by atoms with E-state index in [1.165, 1.54) is 25.7 Å². The van der Waals surface area contributed by atoms with Crippen molar-refractivity contribution in [3.05, 3.63) is 34.9 Å². The summed E-state index contributed by atoms with van der Waals surface area (Å²) in [5, 5.41) is 9.61. The van der Waals surface area contributed by atoms with Gasteiger partial charge in [-0.15, -0.1) is 0 Å². The van der Waals surface area contributed by atoms with Crippen LogP contribution in [0, 0.1) is 5.92 Å². The molecule has 3 saturated heterocycles. The number of piperidine rings is 2. The summed E-state index contributed by atoms with van der Waals surface area (Å²) in [4.78, 5) is 38.1. The van der Waals surface area contributed by atoms with E-state index in [0.717, 1.165) is 30.1 Å². The second-order valence-corrected chi connectivity index (χ2v) is 9.00. The van der Waals surface area contributed by atoms with Gasteiger partial charge in [0.05, 0.1) is 0 Å². The van der Waals surface area contributed by atoms with E-state index in [1.807, 2.05) is 12.1 Å². The summed E-state index contributed by atoms with van der Waals surface area (Å²) < 4.78 is 0. The molecular weight excluding hydrogens is 368 g/mol. The Morgan fingerprint density at radius 3 is 2.62 bits per heavy atom. The normalized spacial score (nSPS) is 31.2. The Morgan fingerprint density at radius 1 is 1.07 bits per heavy atom. The molecule has 0 spiro atoms. The van der Waals surface area contributed by atoms with Crippen LogP contribution in [0.3, 0.4) is 0 Å². The number of rotatable bonds is 5. The number of hydrogen-bond donors (Lipinski definition) is 3. The third-order valence-electron chi connectivity index (χ3n) is 6.93. The molecule has 2 unspecified atom stereocenters. The van der Waals surface area contributed by atoms with Crippen LogP contribution in [0.25, 0.3) is 0 Å². The van der Waals surface area contributed by atoms with Crippen molar-refractivity contribution in [1.29, 1.82) is 0 Å². The Bertz CT molecular complexity index is 842. The topological polar surface area (TPSA) is 90.5 Å². The lowest BCUT2D eigenvalue weighted by atomic mass is 9.92. The number of hydrogen-bond acceptors (Lipinski definition) is 5. The molecule has 2 bridgehead atoms. The van der Waals surface area contributed by atoms with Gasteiger partial charge in [-0.25, -0.2) is 0 Å². The predicted octanol–water partition coefficient (Wildman–Crippen LogP) is 1.07. The summed E-state index contributed by atoms with van der Waals surface area (Å²) in [5.74, 6) is 0.00450. The zero-order chi connectivity index (χ0) is 20.0. The van der Waals surface area contributed by atoms with Crippen molar-refractivity contribution < 1.29 is 14.4 Å². The fourth-order valence-electron chi connectivity index (χ4n) is 5.47. The van der Waals surface area contributed by atoms with Crippen molar-refractivity contribution in [3.8, 4) is 0 Å². The first-order valence-corrected chi connectivity index (χ1v) is 10.8. The van der Waals surface area contributed by atoms with Gasteiger partial charge in [0.25, 0.3) is 5.91 Å². The minimum atomic E-state index is -0.551. The van der Waals surface area contributed by atoms with Crippen LogP contribution in [0.5, 0.6) is 0 Å². The van der Waals surface area contributed by atoms with Gasteiger partial charge >= 0.3 is 0 Å². The molecule has 1 aromatic rings. The summed E-state index contributed by atoms with van der Waals surface area (Å²) in [7, 11) is 0. The van der Waals surface area contributed by atoms with Crippen LogP contribution in [0.2, 0.25) is 0 Å². The van der Waals surface area contributed by atoms with E-state index in [1.54, 1.807) is 4.90 Å². The molecule has 4 heterocycles. The highest BCUT2D eigenvalue weighted by Gasteiger charge is 2.39. The highest BCUT2D eigenvalue weighted by molar-refractivity contribution is 6.05. The zero-order valence-electron chi connectivity index (χ0n) is 16.6. The fraction of sp³-hybridized carbons (Fsp3) is 0.591. The van der Waals surface area contributed by atoms with E-state index in [2.05, 4.69) is 22.0 Å². The molecule has 1 aromatic carbocycles. The Hall–Kier alpha value is -2.25. The number of fused-ring (bicyclic) bond motifs is 3. The number of carbonyl (C=O) groups is 3. The lowest BCUT2D eigenvalue weighted by Crippen LogP contribution is -2.52. The monoisotopic (exact) mass is 396 g/mol. The number of benzene rings is 1. The number of imide groups is 1. The van der Waals surface area contributed by atoms with E-state index in [0.29, 0.717) is 30.6 Å². The van der Waals surface area contributed by atoms with Crippen LogP contribution < -0.4 is 16.0 Å². The van der Waals surface area contributed by atoms with Crippen molar-refractivity contribution in [2.45, 2.75) is 69.7 Å². The zero-order valence-corrected chi connectivity index (χ0v) is 16.6. The Labute approximate surface area is 170 Å². The van der Waals surface area contributed by atoms with Crippen molar-refractivity contribution in [3.63, 3.8) is 0 Å². The van der Waals surface area contributed by atoms with Gasteiger partial charge in [-0.1, -0.05) is 12.1 Å². The lowest BCUT2D eigenvalue weighted by molar-refractivity contribution is -0.136. The van der Waals surface area contributed by atoms with Gasteiger partial charge in [0.1, 0.15) is 6.04 Å². The molecule has 7 heteroatoms. The average molecular weight is 396 g/mol. The maximum Gasteiger partial charge on any atom is 0.255 e. The van der Waals surface area contributed by atoms with Gasteiger partial charge in [-0.05, 0) is 61.8 Å². The third-order valence-corrected chi connectivity index (χ3v) is 6.93. The summed E-state index contributed by atoms with van der Waals surface area (Å²) >= 11 is 0. The number of carbonyl (C=O) groups excluding carboxylic acids is 3. The van der Waals surface area contributed by atoms with Gasteiger partial charge in [0, 0.05) is 37.2 Å². The fourth-order valence-corrected chi connectivity index (χ4v) is 5.47. The van der Waals surface area contributed by atoms with E-state index >= 15 is 0 Å². The molecule has 5 rings (SSSR count). The molecule has 7 nitrogen and oxygen atoms in total. The summed E-state index contributed by atoms with van der Waals surface area (Å²) in [6, 6.07) is 6.89. The van der Waals surface area contributed by atoms with Crippen molar-refractivity contribution in [1.82, 2.24) is 20.9 Å². The first-order valence-electron chi connectivity index (χ1n) is 10.8. The second kappa shape index (κ2) is 7.54. The van der Waals surface area contributed by atoms with Crippen LogP contribution in [0.4, 0.5) is 0 Å². The summed E-state index contributed by atoms with van der Waals surface area (Å²) in [5.41, 5.74) is 2.74. The number of amides is 3. The van der Waals surface area contributed by atoms with Gasteiger partial charge < -0.3 is 15.5 Å². The second-order valence-electron chi connectivity index (χ2n) is 9.00. The first-order chi connectivity index (χ1) is 14.1. The van der Waals surface area contributed by atoms with Crippen LogP contribution in [0.1, 0.15) is 60.0 Å². The maximum atomic E-state index is 12.9. The average Bonchev–Trinajstić information content (AvgIpc) is 3.21. The van der Waals surface area contributed by atoms with Gasteiger partial charge in [-0.2, -0.15) is 0 Å². The maximum absolute atomic E-state index is 12.9. The summed E-state index contributed by atoms with van der Waals surface area (Å²) in [6.45, 7) is 2.20. The van der Waals surface area contributed by atoms with E-state index in [4.69, 9.17) is 0 Å². The van der Waals surface area contributed by atoms with Gasteiger partial charge in [0.2, 0.25) is 11.8 Å². The molecular formula is C22H28N4O3.